The highest BCUT2D eigenvalue weighted by Gasteiger charge is 2.26. The fourth-order valence-electron chi connectivity index (χ4n) is 2.27. The van der Waals surface area contributed by atoms with Crippen LogP contribution in [0.2, 0.25) is 0 Å². The Bertz CT molecular complexity index is 723. The lowest BCUT2D eigenvalue weighted by molar-refractivity contribution is -0.384. The van der Waals surface area contributed by atoms with Gasteiger partial charge in [0.1, 0.15) is 23.9 Å². The fraction of sp³-hybridized carbons (Fsp3) is 0.143. The molecule has 1 N–H and O–H groups in total. The van der Waals surface area contributed by atoms with E-state index in [1.54, 1.807) is 0 Å². The van der Waals surface area contributed by atoms with Crippen molar-refractivity contribution in [1.29, 1.82) is 0 Å². The summed E-state index contributed by atoms with van der Waals surface area (Å²) in [5.74, 6) is 0.0779. The van der Waals surface area contributed by atoms with E-state index in [1.807, 2.05) is 24.3 Å². The molecule has 21 heavy (non-hydrogen) atoms. The van der Waals surface area contributed by atoms with Crippen LogP contribution in [0.1, 0.15) is 11.6 Å². The summed E-state index contributed by atoms with van der Waals surface area (Å²) in [4.78, 5) is 10.4. The number of hydrogen-bond acceptors (Lipinski definition) is 4. The Labute approximate surface area is 128 Å². The smallest absolute Gasteiger partial charge is 0.295 e. The minimum atomic E-state index is -0.671. The van der Waals surface area contributed by atoms with Gasteiger partial charge in [-0.1, -0.05) is 18.2 Å². The predicted molar refractivity (Wildman–Crippen MR) is 79.1 cm³/mol. The molecule has 1 aliphatic rings. The molecule has 5 nitrogen and oxygen atoms in total. The SMILES string of the molecule is O=[N+]([O-])c1cc(F)c(Br)cc1NC1COc2ccccc21. The van der Waals surface area contributed by atoms with Gasteiger partial charge in [0.15, 0.2) is 0 Å². The zero-order valence-corrected chi connectivity index (χ0v) is 12.3. The van der Waals surface area contributed by atoms with E-state index in [-0.39, 0.29) is 21.9 Å². The molecule has 0 saturated heterocycles. The maximum atomic E-state index is 13.5. The number of para-hydroxylation sites is 1. The standard InChI is InChI=1S/C14H10BrFN2O3/c15-9-5-11(13(18(19)20)6-10(9)16)17-12-7-21-14-4-2-1-3-8(12)14/h1-6,12,17H,7H2. The fourth-order valence-corrected chi connectivity index (χ4v) is 2.62. The number of hydrogen-bond donors (Lipinski definition) is 1. The first kappa shape index (κ1) is 13.8. The average molecular weight is 353 g/mol. The van der Waals surface area contributed by atoms with E-state index in [9.17, 15) is 14.5 Å². The first-order valence-corrected chi connectivity index (χ1v) is 6.97. The van der Waals surface area contributed by atoms with Gasteiger partial charge in [-0.3, -0.25) is 10.1 Å². The molecule has 1 atom stereocenters. The summed E-state index contributed by atoms with van der Waals surface area (Å²) in [6, 6.07) is 9.52. The van der Waals surface area contributed by atoms with Crippen LogP contribution in [0.15, 0.2) is 40.9 Å². The number of ether oxygens (including phenoxy) is 1. The van der Waals surface area contributed by atoms with E-state index in [1.165, 1.54) is 6.07 Å². The molecular weight excluding hydrogens is 343 g/mol. The Hall–Kier alpha value is -2.15. The number of benzene rings is 2. The van der Waals surface area contributed by atoms with Crippen LogP contribution in [0.5, 0.6) is 5.75 Å². The molecule has 0 radical (unpaired) electrons. The summed E-state index contributed by atoms with van der Waals surface area (Å²) in [5.41, 5.74) is 0.867. The number of halogens is 2. The number of nitrogens with zero attached hydrogens (tertiary/aromatic N) is 1. The van der Waals surface area contributed by atoms with Crippen molar-refractivity contribution in [2.24, 2.45) is 0 Å². The van der Waals surface area contributed by atoms with Gasteiger partial charge in [-0.15, -0.1) is 0 Å². The summed E-state index contributed by atoms with van der Waals surface area (Å²) in [7, 11) is 0. The van der Waals surface area contributed by atoms with E-state index in [2.05, 4.69) is 21.2 Å². The molecule has 1 heterocycles. The topological polar surface area (TPSA) is 64.4 Å². The highest BCUT2D eigenvalue weighted by atomic mass is 79.9. The van der Waals surface area contributed by atoms with Crippen molar-refractivity contribution in [2.45, 2.75) is 6.04 Å². The van der Waals surface area contributed by atoms with Gasteiger partial charge in [-0.2, -0.15) is 0 Å². The van der Waals surface area contributed by atoms with Gasteiger partial charge in [0, 0.05) is 5.56 Å². The van der Waals surface area contributed by atoms with Crippen molar-refractivity contribution in [1.82, 2.24) is 0 Å². The van der Waals surface area contributed by atoms with Crippen molar-refractivity contribution >= 4 is 27.3 Å². The molecule has 0 aliphatic carbocycles. The molecular formula is C14H10BrFN2O3. The van der Waals surface area contributed by atoms with Gasteiger partial charge >= 0.3 is 0 Å². The molecule has 0 bridgehead atoms. The van der Waals surface area contributed by atoms with Gasteiger partial charge in [-0.25, -0.2) is 4.39 Å². The molecule has 0 spiro atoms. The Morgan fingerprint density at radius 2 is 2.14 bits per heavy atom. The van der Waals surface area contributed by atoms with Crippen LogP contribution >= 0.6 is 15.9 Å². The van der Waals surface area contributed by atoms with Gasteiger partial charge in [0.05, 0.1) is 21.5 Å². The first-order valence-electron chi connectivity index (χ1n) is 6.18. The summed E-state index contributed by atoms with van der Waals surface area (Å²) >= 11 is 3.04. The van der Waals surface area contributed by atoms with Crippen molar-refractivity contribution < 1.29 is 14.1 Å². The highest BCUT2D eigenvalue weighted by Crippen LogP contribution is 2.37. The molecule has 1 aliphatic heterocycles. The van der Waals surface area contributed by atoms with E-state index < -0.39 is 10.7 Å². The third kappa shape index (κ3) is 2.56. The molecule has 108 valence electrons. The molecule has 3 rings (SSSR count). The molecule has 1 unspecified atom stereocenters. The van der Waals surface area contributed by atoms with Crippen LogP contribution in [-0.4, -0.2) is 11.5 Å². The molecule has 0 fully saturated rings. The number of nitrogens with one attached hydrogen (secondary N) is 1. The maximum absolute atomic E-state index is 13.5. The lowest BCUT2D eigenvalue weighted by Gasteiger charge is -2.14. The molecule has 2 aromatic carbocycles. The minimum absolute atomic E-state index is 0.169. The van der Waals surface area contributed by atoms with Crippen LogP contribution in [0.4, 0.5) is 15.8 Å². The van der Waals surface area contributed by atoms with Crippen molar-refractivity contribution in [3.63, 3.8) is 0 Å². The number of fused-ring (bicyclic) bond motifs is 1. The van der Waals surface area contributed by atoms with E-state index >= 15 is 0 Å². The second kappa shape index (κ2) is 5.33. The molecule has 7 heteroatoms. The Morgan fingerprint density at radius 3 is 2.90 bits per heavy atom. The third-order valence-corrected chi connectivity index (χ3v) is 3.87. The van der Waals surface area contributed by atoms with Crippen molar-refractivity contribution in [3.8, 4) is 5.75 Å². The van der Waals surface area contributed by atoms with E-state index in [0.29, 0.717) is 6.61 Å². The second-order valence-electron chi connectivity index (χ2n) is 4.59. The normalized spacial score (nSPS) is 16.2. The number of rotatable bonds is 3. The number of nitro benzene ring substituents is 1. The first-order chi connectivity index (χ1) is 10.1. The van der Waals surface area contributed by atoms with Crippen LogP contribution < -0.4 is 10.1 Å². The zero-order chi connectivity index (χ0) is 15.0. The largest absolute Gasteiger partial charge is 0.491 e. The third-order valence-electron chi connectivity index (χ3n) is 3.26. The Morgan fingerprint density at radius 1 is 1.38 bits per heavy atom. The highest BCUT2D eigenvalue weighted by molar-refractivity contribution is 9.10. The van der Waals surface area contributed by atoms with Gasteiger partial charge in [-0.05, 0) is 28.1 Å². The lowest BCUT2D eigenvalue weighted by atomic mass is 10.1. The minimum Gasteiger partial charge on any atom is -0.491 e. The molecule has 0 amide bonds. The van der Waals surface area contributed by atoms with Crippen LogP contribution in [0, 0.1) is 15.9 Å². The van der Waals surface area contributed by atoms with Crippen molar-refractivity contribution in [3.05, 3.63) is 62.4 Å². The Balaban J connectivity index is 1.96. The van der Waals surface area contributed by atoms with E-state index in [0.717, 1.165) is 17.4 Å². The lowest BCUT2D eigenvalue weighted by Crippen LogP contribution is -2.13. The van der Waals surface area contributed by atoms with Crippen molar-refractivity contribution in [2.75, 3.05) is 11.9 Å². The summed E-state index contributed by atoms with van der Waals surface area (Å²) < 4.78 is 19.2. The number of anilines is 1. The summed E-state index contributed by atoms with van der Waals surface area (Å²) in [6.45, 7) is 0.367. The zero-order valence-electron chi connectivity index (χ0n) is 10.7. The summed E-state index contributed by atoms with van der Waals surface area (Å²) in [6.07, 6.45) is 0. The number of nitro groups is 1. The molecule has 0 saturated carbocycles. The van der Waals surface area contributed by atoms with E-state index in [4.69, 9.17) is 4.74 Å². The average Bonchev–Trinajstić information content (AvgIpc) is 2.86. The van der Waals surface area contributed by atoms with Gasteiger partial charge < -0.3 is 10.1 Å². The Kier molecular flexibility index (Phi) is 3.50. The van der Waals surface area contributed by atoms with Crippen LogP contribution in [0.25, 0.3) is 0 Å². The molecule has 2 aromatic rings. The quantitative estimate of drug-likeness (QED) is 0.668. The second-order valence-corrected chi connectivity index (χ2v) is 5.44. The van der Waals surface area contributed by atoms with Gasteiger partial charge in [0.25, 0.3) is 5.69 Å². The van der Waals surface area contributed by atoms with Crippen LogP contribution in [-0.2, 0) is 0 Å². The monoisotopic (exact) mass is 352 g/mol. The molecule has 0 aromatic heterocycles. The maximum Gasteiger partial charge on any atom is 0.295 e. The van der Waals surface area contributed by atoms with Gasteiger partial charge in [0.2, 0.25) is 0 Å². The van der Waals surface area contributed by atoms with Crippen LogP contribution in [0.3, 0.4) is 0 Å². The predicted octanol–water partition coefficient (Wildman–Crippen LogP) is 4.04. The summed E-state index contributed by atoms with van der Waals surface area (Å²) in [5, 5.41) is 14.1.